The molecule has 0 unspecified atom stereocenters. The number of aryl methyl sites for hydroxylation is 1. The molecular weight excluding hydrogens is 212 g/mol. The summed E-state index contributed by atoms with van der Waals surface area (Å²) < 4.78 is 5.29. The number of nitrogens with two attached hydrogens (primary N) is 1. The van der Waals surface area contributed by atoms with Gasteiger partial charge in [-0.3, -0.25) is 4.79 Å². The van der Waals surface area contributed by atoms with Crippen molar-refractivity contribution >= 4 is 17.2 Å². The summed E-state index contributed by atoms with van der Waals surface area (Å²) in [4.78, 5) is 16.1. The van der Waals surface area contributed by atoms with E-state index in [2.05, 4.69) is 4.98 Å². The molecule has 1 aromatic heterocycles. The van der Waals surface area contributed by atoms with Gasteiger partial charge in [-0.15, -0.1) is 11.3 Å². The molecule has 0 atom stereocenters. The molecule has 0 saturated carbocycles. The lowest BCUT2D eigenvalue weighted by Gasteiger charge is -2.19. The number of carbonyl (C=O) groups is 1. The molecular formula is C10H14N2O2S. The van der Waals surface area contributed by atoms with E-state index in [1.807, 2.05) is 6.92 Å². The lowest BCUT2D eigenvalue weighted by atomic mass is 10.0. The van der Waals surface area contributed by atoms with Crippen LogP contribution in [0.15, 0.2) is 0 Å². The van der Waals surface area contributed by atoms with E-state index in [9.17, 15) is 4.79 Å². The van der Waals surface area contributed by atoms with Crippen molar-refractivity contribution in [3.05, 3.63) is 15.6 Å². The van der Waals surface area contributed by atoms with Crippen LogP contribution in [0.25, 0.3) is 0 Å². The van der Waals surface area contributed by atoms with Crippen LogP contribution in [0.3, 0.4) is 0 Å². The third-order valence-electron chi connectivity index (χ3n) is 2.61. The van der Waals surface area contributed by atoms with E-state index < -0.39 is 0 Å². The lowest BCUT2D eigenvalue weighted by Crippen LogP contribution is -2.13. The summed E-state index contributed by atoms with van der Waals surface area (Å²) in [6, 6.07) is 0. The van der Waals surface area contributed by atoms with Crippen molar-refractivity contribution in [3.8, 4) is 0 Å². The topological polar surface area (TPSA) is 65.2 Å². The molecule has 1 fully saturated rings. The van der Waals surface area contributed by atoms with Crippen molar-refractivity contribution in [2.24, 2.45) is 5.73 Å². The van der Waals surface area contributed by atoms with Gasteiger partial charge in [0.2, 0.25) is 0 Å². The molecule has 5 heteroatoms. The van der Waals surface area contributed by atoms with Crippen LogP contribution in [0.4, 0.5) is 0 Å². The Balaban J connectivity index is 2.21. The van der Waals surface area contributed by atoms with E-state index in [1.54, 1.807) is 0 Å². The van der Waals surface area contributed by atoms with E-state index in [1.165, 1.54) is 11.3 Å². The molecule has 4 nitrogen and oxygen atoms in total. The Kier molecular flexibility index (Phi) is 3.02. The molecule has 1 aromatic rings. The highest BCUT2D eigenvalue weighted by molar-refractivity contribution is 7.13. The zero-order valence-corrected chi connectivity index (χ0v) is 9.47. The zero-order chi connectivity index (χ0) is 10.8. The van der Waals surface area contributed by atoms with Crippen LogP contribution in [0.2, 0.25) is 0 Å². The van der Waals surface area contributed by atoms with Crippen LogP contribution < -0.4 is 5.73 Å². The van der Waals surface area contributed by atoms with Crippen molar-refractivity contribution in [3.63, 3.8) is 0 Å². The van der Waals surface area contributed by atoms with Gasteiger partial charge in [0.25, 0.3) is 5.91 Å². The number of nitrogens with zero attached hydrogens (tertiary/aromatic N) is 1. The van der Waals surface area contributed by atoms with Gasteiger partial charge in [0, 0.05) is 19.1 Å². The second-order valence-electron chi connectivity index (χ2n) is 3.72. The van der Waals surface area contributed by atoms with E-state index in [0.29, 0.717) is 10.8 Å². The number of rotatable bonds is 2. The number of carbonyl (C=O) groups excluding carboxylic acids is 1. The standard InChI is InChI=1S/C10H14N2O2S/c1-6-8(9(11)13)15-10(12-6)7-2-4-14-5-3-7/h7H,2-5H2,1H3,(H2,11,13). The smallest absolute Gasteiger partial charge is 0.260 e. The summed E-state index contributed by atoms with van der Waals surface area (Å²) in [5, 5.41) is 1.03. The molecule has 2 heterocycles. The molecule has 1 saturated heterocycles. The minimum atomic E-state index is -0.372. The summed E-state index contributed by atoms with van der Waals surface area (Å²) in [7, 11) is 0. The maximum atomic E-state index is 11.1. The van der Waals surface area contributed by atoms with Gasteiger partial charge in [0.05, 0.1) is 10.7 Å². The Labute approximate surface area is 92.5 Å². The quantitative estimate of drug-likeness (QED) is 0.830. The lowest BCUT2D eigenvalue weighted by molar-refractivity contribution is 0.0852. The minimum Gasteiger partial charge on any atom is -0.381 e. The molecule has 0 bridgehead atoms. The molecule has 0 aliphatic carbocycles. The van der Waals surface area contributed by atoms with E-state index in [4.69, 9.17) is 10.5 Å². The molecule has 0 radical (unpaired) electrons. The average molecular weight is 226 g/mol. The van der Waals surface area contributed by atoms with E-state index >= 15 is 0 Å². The van der Waals surface area contributed by atoms with Gasteiger partial charge < -0.3 is 10.5 Å². The Morgan fingerprint density at radius 2 is 2.20 bits per heavy atom. The molecule has 82 valence electrons. The predicted molar refractivity (Wildman–Crippen MR) is 58.2 cm³/mol. The summed E-state index contributed by atoms with van der Waals surface area (Å²) >= 11 is 1.43. The largest absolute Gasteiger partial charge is 0.381 e. The van der Waals surface area contributed by atoms with Crippen LogP contribution in [-0.2, 0) is 4.74 Å². The number of primary amides is 1. The van der Waals surface area contributed by atoms with E-state index in [0.717, 1.165) is 36.8 Å². The Hall–Kier alpha value is -0.940. The number of hydrogen-bond acceptors (Lipinski definition) is 4. The molecule has 0 aromatic carbocycles. The number of aromatic nitrogens is 1. The fourth-order valence-corrected chi connectivity index (χ4v) is 2.85. The van der Waals surface area contributed by atoms with Gasteiger partial charge in [0.1, 0.15) is 4.88 Å². The van der Waals surface area contributed by atoms with Crippen molar-refractivity contribution < 1.29 is 9.53 Å². The van der Waals surface area contributed by atoms with Crippen LogP contribution >= 0.6 is 11.3 Å². The predicted octanol–water partition coefficient (Wildman–Crippen LogP) is 1.44. The highest BCUT2D eigenvalue weighted by Gasteiger charge is 2.21. The summed E-state index contributed by atoms with van der Waals surface area (Å²) in [5.74, 6) is 0.0684. The number of amides is 1. The molecule has 15 heavy (non-hydrogen) atoms. The van der Waals surface area contributed by atoms with Gasteiger partial charge in [-0.2, -0.15) is 0 Å². The van der Waals surface area contributed by atoms with Crippen LogP contribution in [-0.4, -0.2) is 24.1 Å². The average Bonchev–Trinajstić information content (AvgIpc) is 2.62. The SMILES string of the molecule is Cc1nc(C2CCOCC2)sc1C(N)=O. The Morgan fingerprint density at radius 3 is 2.73 bits per heavy atom. The molecule has 1 aliphatic rings. The highest BCUT2D eigenvalue weighted by atomic mass is 32.1. The van der Waals surface area contributed by atoms with Gasteiger partial charge in [-0.25, -0.2) is 4.98 Å². The Bertz CT molecular complexity index is 369. The second-order valence-corrected chi connectivity index (χ2v) is 4.75. The van der Waals surface area contributed by atoms with Crippen molar-refractivity contribution in [2.75, 3.05) is 13.2 Å². The summed E-state index contributed by atoms with van der Waals surface area (Å²) in [6.07, 6.45) is 1.98. The second kappa shape index (κ2) is 4.28. The molecule has 2 rings (SSSR count). The number of hydrogen-bond donors (Lipinski definition) is 1. The fraction of sp³-hybridized carbons (Fsp3) is 0.600. The third kappa shape index (κ3) is 2.18. The van der Waals surface area contributed by atoms with E-state index in [-0.39, 0.29) is 5.91 Å². The van der Waals surface area contributed by atoms with Gasteiger partial charge in [-0.05, 0) is 19.8 Å². The Morgan fingerprint density at radius 1 is 1.53 bits per heavy atom. The van der Waals surface area contributed by atoms with Crippen LogP contribution in [0, 0.1) is 6.92 Å². The van der Waals surface area contributed by atoms with Gasteiger partial charge in [-0.1, -0.05) is 0 Å². The molecule has 2 N–H and O–H groups in total. The fourth-order valence-electron chi connectivity index (χ4n) is 1.77. The van der Waals surface area contributed by atoms with Crippen molar-refractivity contribution in [1.82, 2.24) is 4.98 Å². The highest BCUT2D eigenvalue weighted by Crippen LogP contribution is 2.31. The normalized spacial score (nSPS) is 17.9. The minimum absolute atomic E-state index is 0.372. The van der Waals surface area contributed by atoms with Crippen LogP contribution in [0.1, 0.15) is 39.1 Å². The first-order valence-electron chi connectivity index (χ1n) is 5.03. The molecule has 0 spiro atoms. The van der Waals surface area contributed by atoms with Gasteiger partial charge >= 0.3 is 0 Å². The van der Waals surface area contributed by atoms with Crippen molar-refractivity contribution in [2.45, 2.75) is 25.7 Å². The van der Waals surface area contributed by atoms with Crippen molar-refractivity contribution in [1.29, 1.82) is 0 Å². The van der Waals surface area contributed by atoms with Crippen LogP contribution in [0.5, 0.6) is 0 Å². The summed E-state index contributed by atoms with van der Waals surface area (Å²) in [5.41, 5.74) is 6.02. The van der Waals surface area contributed by atoms with Gasteiger partial charge in [0.15, 0.2) is 0 Å². The first-order valence-corrected chi connectivity index (χ1v) is 5.85. The zero-order valence-electron chi connectivity index (χ0n) is 8.66. The number of thiazole rings is 1. The maximum absolute atomic E-state index is 11.1. The maximum Gasteiger partial charge on any atom is 0.260 e. The molecule has 1 amide bonds. The third-order valence-corrected chi connectivity index (χ3v) is 3.94. The number of ether oxygens (including phenoxy) is 1. The monoisotopic (exact) mass is 226 g/mol. The summed E-state index contributed by atoms with van der Waals surface area (Å²) in [6.45, 7) is 3.41. The molecule has 1 aliphatic heterocycles. The first-order chi connectivity index (χ1) is 7.18. The first kappa shape index (κ1) is 10.6.